The van der Waals surface area contributed by atoms with Gasteiger partial charge in [-0.15, -0.1) is 5.10 Å². The molecule has 0 radical (unpaired) electrons. The van der Waals surface area contributed by atoms with Gasteiger partial charge in [-0.25, -0.2) is 4.68 Å². The molecule has 3 amide bonds. The summed E-state index contributed by atoms with van der Waals surface area (Å²) < 4.78 is 8.23. The Kier molecular flexibility index (Phi) is 5.64. The maximum Gasteiger partial charge on any atom is 0.250 e. The van der Waals surface area contributed by atoms with Crippen LogP contribution in [0.3, 0.4) is 0 Å². The molecular weight excluding hydrogens is 476 g/mol. The molecule has 1 aromatic heterocycles. The molecule has 37 heavy (non-hydrogen) atoms. The van der Waals surface area contributed by atoms with E-state index >= 15 is 0 Å². The van der Waals surface area contributed by atoms with Crippen molar-refractivity contribution < 1.29 is 24.2 Å². The number of carbonyl (C=O) groups excluding carboxylic acids is 3. The third-order valence-electron chi connectivity index (χ3n) is 8.18. The number of hydrogen-bond acceptors (Lipinski definition) is 7. The Hall–Kier alpha value is -3.57. The van der Waals surface area contributed by atoms with Crippen molar-refractivity contribution in [3.8, 4) is 0 Å². The van der Waals surface area contributed by atoms with Gasteiger partial charge in [-0.2, -0.15) is 0 Å². The molecule has 0 aliphatic carbocycles. The topological polar surface area (TPSA) is 121 Å². The van der Waals surface area contributed by atoms with Crippen LogP contribution in [0.4, 0.5) is 0 Å². The monoisotopic (exact) mass is 506 g/mol. The van der Waals surface area contributed by atoms with Crippen molar-refractivity contribution in [1.82, 2.24) is 29.7 Å². The number of fused-ring (bicyclic) bond motifs is 3. The normalized spacial score (nSPS) is 32.0. The number of nitrogens with zero attached hydrogens (tertiary/aromatic N) is 6. The molecule has 11 heteroatoms. The smallest absolute Gasteiger partial charge is 0.250 e. The van der Waals surface area contributed by atoms with E-state index in [1.54, 1.807) is 27.6 Å². The summed E-state index contributed by atoms with van der Waals surface area (Å²) >= 11 is 0. The molecule has 0 saturated carbocycles. The highest BCUT2D eigenvalue weighted by Gasteiger charge is 2.72. The second-order valence-corrected chi connectivity index (χ2v) is 10.2. The standard InChI is InChI=1S/C26H30N6O5/c1-3-16(14-33)32-22-25(36)30(15-31-18-9-5-4-8-17(18)27-28-31)13-7-11-26(22)21(24(32)35)20-19(37-26)10-6-12-29(2)23(20)34/h4-11,16,19-22,33H,3,12-15H2,1-2H3/t16-,19-,20+,21-,22?,26-/m0/s1. The number of carbonyl (C=O) groups is 3. The highest BCUT2D eigenvalue weighted by molar-refractivity contribution is 6.00. The minimum atomic E-state index is -1.32. The van der Waals surface area contributed by atoms with Crippen LogP contribution >= 0.6 is 0 Å². The Bertz CT molecular complexity index is 1320. The number of amides is 3. The molecule has 2 aromatic rings. The highest BCUT2D eigenvalue weighted by atomic mass is 16.5. The van der Waals surface area contributed by atoms with Crippen LogP contribution in [0.1, 0.15) is 13.3 Å². The van der Waals surface area contributed by atoms with Gasteiger partial charge >= 0.3 is 0 Å². The minimum absolute atomic E-state index is 0.132. The van der Waals surface area contributed by atoms with E-state index in [1.807, 2.05) is 49.4 Å². The van der Waals surface area contributed by atoms with E-state index in [-0.39, 0.29) is 37.5 Å². The number of aliphatic hydroxyl groups is 1. The molecule has 1 N–H and O–H groups in total. The lowest BCUT2D eigenvalue weighted by Crippen LogP contribution is -2.58. The average molecular weight is 507 g/mol. The van der Waals surface area contributed by atoms with Crippen molar-refractivity contribution >= 4 is 28.8 Å². The molecule has 1 spiro atoms. The molecule has 6 atom stereocenters. The van der Waals surface area contributed by atoms with E-state index in [9.17, 15) is 19.5 Å². The van der Waals surface area contributed by atoms with Crippen LogP contribution in [-0.2, 0) is 25.8 Å². The molecule has 1 unspecified atom stereocenters. The summed E-state index contributed by atoms with van der Waals surface area (Å²) in [6, 6.07) is 5.89. The van der Waals surface area contributed by atoms with Crippen LogP contribution in [0.2, 0.25) is 0 Å². The Morgan fingerprint density at radius 1 is 1.14 bits per heavy atom. The van der Waals surface area contributed by atoms with Gasteiger partial charge in [0.2, 0.25) is 11.8 Å². The minimum Gasteiger partial charge on any atom is -0.394 e. The zero-order chi connectivity index (χ0) is 25.9. The van der Waals surface area contributed by atoms with E-state index in [4.69, 9.17) is 4.74 Å². The number of benzene rings is 1. The molecule has 2 fully saturated rings. The van der Waals surface area contributed by atoms with Crippen LogP contribution in [0, 0.1) is 11.8 Å². The summed E-state index contributed by atoms with van der Waals surface area (Å²) in [7, 11) is 1.70. The molecule has 194 valence electrons. The number of hydrogen-bond donors (Lipinski definition) is 1. The lowest BCUT2D eigenvalue weighted by Gasteiger charge is -2.38. The summed E-state index contributed by atoms with van der Waals surface area (Å²) in [5, 5.41) is 18.6. The first-order valence-corrected chi connectivity index (χ1v) is 12.7. The summed E-state index contributed by atoms with van der Waals surface area (Å²) in [5.74, 6) is -2.44. The predicted octanol–water partition coefficient (Wildman–Crippen LogP) is 0.167. The second-order valence-electron chi connectivity index (χ2n) is 10.2. The molecule has 4 aliphatic rings. The van der Waals surface area contributed by atoms with Crippen LogP contribution in [0.15, 0.2) is 48.6 Å². The number of aliphatic hydroxyl groups excluding tert-OH is 1. The first-order chi connectivity index (χ1) is 17.9. The fourth-order valence-corrected chi connectivity index (χ4v) is 6.37. The van der Waals surface area contributed by atoms with E-state index in [2.05, 4.69) is 10.3 Å². The fraction of sp³-hybridized carbons (Fsp3) is 0.500. The van der Waals surface area contributed by atoms with Crippen molar-refractivity contribution in [3.63, 3.8) is 0 Å². The molecule has 1 aromatic carbocycles. The zero-order valence-corrected chi connectivity index (χ0v) is 20.8. The fourth-order valence-electron chi connectivity index (χ4n) is 6.37. The van der Waals surface area contributed by atoms with Crippen molar-refractivity contribution in [2.45, 2.75) is 43.8 Å². The number of rotatable bonds is 5. The van der Waals surface area contributed by atoms with Gasteiger partial charge in [0.15, 0.2) is 0 Å². The number of ether oxygens (including phenoxy) is 1. The van der Waals surface area contributed by atoms with Crippen LogP contribution < -0.4 is 0 Å². The van der Waals surface area contributed by atoms with Gasteiger partial charge in [-0.1, -0.05) is 48.6 Å². The van der Waals surface area contributed by atoms with Gasteiger partial charge in [0.05, 0.1) is 36.1 Å². The molecular formula is C26H30N6O5. The maximum absolute atomic E-state index is 14.3. The van der Waals surface area contributed by atoms with Gasteiger partial charge < -0.3 is 24.5 Å². The van der Waals surface area contributed by atoms with E-state index < -0.39 is 35.6 Å². The zero-order valence-electron chi connectivity index (χ0n) is 20.8. The first kappa shape index (κ1) is 23.8. The van der Waals surface area contributed by atoms with Crippen LogP contribution in [0.25, 0.3) is 11.0 Å². The molecule has 6 rings (SSSR count). The number of likely N-dealkylation sites (N-methyl/N-ethyl adjacent to an activating group) is 1. The van der Waals surface area contributed by atoms with Crippen molar-refractivity contribution in [2.75, 3.05) is 26.7 Å². The van der Waals surface area contributed by atoms with E-state index in [1.165, 1.54) is 4.90 Å². The van der Waals surface area contributed by atoms with Crippen molar-refractivity contribution in [2.24, 2.45) is 11.8 Å². The lowest BCUT2D eigenvalue weighted by molar-refractivity contribution is -0.152. The summed E-state index contributed by atoms with van der Waals surface area (Å²) in [6.45, 7) is 2.40. The van der Waals surface area contributed by atoms with E-state index in [0.29, 0.717) is 13.0 Å². The van der Waals surface area contributed by atoms with Gasteiger partial charge in [0.25, 0.3) is 5.91 Å². The summed E-state index contributed by atoms with van der Waals surface area (Å²) in [4.78, 5) is 46.5. The molecule has 2 saturated heterocycles. The average Bonchev–Trinajstić information content (AvgIpc) is 3.46. The van der Waals surface area contributed by atoms with Crippen LogP contribution in [-0.4, -0.2) is 103 Å². The molecule has 11 nitrogen and oxygen atoms in total. The van der Waals surface area contributed by atoms with Crippen molar-refractivity contribution in [3.05, 3.63) is 48.6 Å². The lowest BCUT2D eigenvalue weighted by atomic mass is 9.77. The third-order valence-corrected chi connectivity index (χ3v) is 8.18. The Morgan fingerprint density at radius 2 is 1.95 bits per heavy atom. The van der Waals surface area contributed by atoms with Gasteiger partial charge in [0, 0.05) is 20.1 Å². The number of likely N-dealkylation sites (tertiary alicyclic amines) is 1. The SMILES string of the molecule is CC[C@@H](CO)N1C(=O)[C@@H]2[C@@H]3C(=O)N(C)CC=C[C@@H]3O[C@@]23C=CCN(Cn2nnc4ccccc42)C(=O)C13. The van der Waals surface area contributed by atoms with Gasteiger partial charge in [0.1, 0.15) is 23.8 Å². The Labute approximate surface area is 213 Å². The maximum atomic E-state index is 14.3. The Balaban J connectivity index is 1.43. The summed E-state index contributed by atoms with van der Waals surface area (Å²) in [5.41, 5.74) is 0.189. The summed E-state index contributed by atoms with van der Waals surface area (Å²) in [6.07, 6.45) is 7.17. The third kappa shape index (κ3) is 3.37. The molecule has 5 heterocycles. The van der Waals surface area contributed by atoms with Crippen molar-refractivity contribution in [1.29, 1.82) is 0 Å². The largest absolute Gasteiger partial charge is 0.394 e. The second kappa shape index (κ2) is 8.77. The Morgan fingerprint density at radius 3 is 2.73 bits per heavy atom. The highest BCUT2D eigenvalue weighted by Crippen LogP contribution is 2.54. The predicted molar refractivity (Wildman–Crippen MR) is 132 cm³/mol. The van der Waals surface area contributed by atoms with Crippen LogP contribution in [0.5, 0.6) is 0 Å². The van der Waals surface area contributed by atoms with E-state index in [0.717, 1.165) is 11.0 Å². The first-order valence-electron chi connectivity index (χ1n) is 12.7. The number of para-hydroxylation sites is 1. The van der Waals surface area contributed by atoms with Gasteiger partial charge in [-0.05, 0) is 18.6 Å². The van der Waals surface area contributed by atoms with Gasteiger partial charge in [-0.3, -0.25) is 14.4 Å². The molecule has 4 aliphatic heterocycles. The molecule has 0 bridgehead atoms. The quantitative estimate of drug-likeness (QED) is 0.574. The number of aromatic nitrogens is 3.